The van der Waals surface area contributed by atoms with Gasteiger partial charge in [-0.05, 0) is 68.8 Å². The number of aryl methyl sites for hydroxylation is 3. The van der Waals surface area contributed by atoms with Crippen LogP contribution in [0.5, 0.6) is 0 Å². The van der Waals surface area contributed by atoms with Crippen LogP contribution >= 0.6 is 0 Å². The second kappa shape index (κ2) is 7.86. The first-order chi connectivity index (χ1) is 13.2. The Morgan fingerprint density at radius 1 is 0.750 bits per heavy atom. The summed E-state index contributed by atoms with van der Waals surface area (Å²) in [5.41, 5.74) is 4.55. The summed E-state index contributed by atoms with van der Waals surface area (Å²) in [5.74, 6) is -0.227. The van der Waals surface area contributed by atoms with Crippen molar-refractivity contribution in [3.8, 4) is 0 Å². The lowest BCUT2D eigenvalue weighted by molar-refractivity contribution is 0.102. The third-order valence-corrected chi connectivity index (χ3v) is 5.76. The molecule has 0 spiro atoms. The Morgan fingerprint density at radius 3 is 1.96 bits per heavy atom. The summed E-state index contributed by atoms with van der Waals surface area (Å²) >= 11 is 0. The molecule has 0 bridgehead atoms. The van der Waals surface area contributed by atoms with E-state index in [0.717, 1.165) is 16.7 Å². The lowest BCUT2D eigenvalue weighted by atomic mass is 10.1. The third kappa shape index (κ3) is 4.58. The molecule has 0 saturated heterocycles. The zero-order chi connectivity index (χ0) is 20.3. The average molecular weight is 394 g/mol. The number of rotatable bonds is 5. The van der Waals surface area contributed by atoms with E-state index < -0.39 is 10.0 Å². The molecule has 0 aromatic heterocycles. The number of anilines is 2. The van der Waals surface area contributed by atoms with E-state index in [-0.39, 0.29) is 10.8 Å². The van der Waals surface area contributed by atoms with Crippen LogP contribution in [0.4, 0.5) is 11.4 Å². The number of carbonyl (C=O) groups excluding carboxylic acids is 1. The van der Waals surface area contributed by atoms with Gasteiger partial charge in [0.2, 0.25) is 0 Å². The minimum atomic E-state index is -3.70. The monoisotopic (exact) mass is 394 g/mol. The van der Waals surface area contributed by atoms with Gasteiger partial charge < -0.3 is 5.32 Å². The Bertz CT molecular complexity index is 1100. The third-order valence-electron chi connectivity index (χ3n) is 4.36. The van der Waals surface area contributed by atoms with Crippen LogP contribution in [-0.4, -0.2) is 14.3 Å². The molecule has 0 radical (unpaired) electrons. The molecule has 3 aromatic rings. The van der Waals surface area contributed by atoms with Gasteiger partial charge >= 0.3 is 0 Å². The van der Waals surface area contributed by atoms with Gasteiger partial charge in [0.25, 0.3) is 15.9 Å². The fraction of sp³-hybridized carbons (Fsp3) is 0.136. The van der Waals surface area contributed by atoms with Crippen molar-refractivity contribution in [2.75, 3.05) is 10.0 Å². The first-order valence-electron chi connectivity index (χ1n) is 8.83. The molecule has 0 aliphatic heterocycles. The molecule has 0 atom stereocenters. The topological polar surface area (TPSA) is 75.3 Å². The summed E-state index contributed by atoms with van der Waals surface area (Å²) in [5, 5.41) is 2.81. The zero-order valence-electron chi connectivity index (χ0n) is 16.0. The highest BCUT2D eigenvalue weighted by Crippen LogP contribution is 2.20. The van der Waals surface area contributed by atoms with E-state index in [1.807, 2.05) is 51.1 Å². The average Bonchev–Trinajstić information content (AvgIpc) is 2.66. The van der Waals surface area contributed by atoms with Gasteiger partial charge in [-0.3, -0.25) is 9.52 Å². The summed E-state index contributed by atoms with van der Waals surface area (Å²) < 4.78 is 27.6. The lowest BCUT2D eigenvalue weighted by Crippen LogP contribution is -2.15. The first kappa shape index (κ1) is 19.6. The highest BCUT2D eigenvalue weighted by molar-refractivity contribution is 7.92. The predicted molar refractivity (Wildman–Crippen MR) is 112 cm³/mol. The van der Waals surface area contributed by atoms with Crippen molar-refractivity contribution in [1.29, 1.82) is 0 Å². The number of hydrogen-bond acceptors (Lipinski definition) is 3. The van der Waals surface area contributed by atoms with Crippen LogP contribution in [0.3, 0.4) is 0 Å². The Kier molecular flexibility index (Phi) is 5.51. The number of amides is 1. The molecule has 6 heteroatoms. The van der Waals surface area contributed by atoms with Crippen LogP contribution in [0.1, 0.15) is 27.0 Å². The number of carbonyl (C=O) groups is 1. The standard InChI is InChI=1S/C22H22N2O3S/c1-15-5-8-19(9-6-15)24-28(26,27)20-12-10-18(11-13-20)23-22(25)21-14-16(2)4-7-17(21)3/h4-14,24H,1-3H3,(H,23,25). The number of hydrogen-bond donors (Lipinski definition) is 2. The van der Waals surface area contributed by atoms with E-state index in [9.17, 15) is 13.2 Å². The quantitative estimate of drug-likeness (QED) is 0.661. The minimum absolute atomic E-state index is 0.123. The molecule has 0 fully saturated rings. The van der Waals surface area contributed by atoms with Gasteiger partial charge in [-0.25, -0.2) is 8.42 Å². The van der Waals surface area contributed by atoms with Crippen molar-refractivity contribution in [3.63, 3.8) is 0 Å². The van der Waals surface area contributed by atoms with Crippen LogP contribution in [0.2, 0.25) is 0 Å². The molecule has 5 nitrogen and oxygen atoms in total. The van der Waals surface area contributed by atoms with E-state index >= 15 is 0 Å². The maximum atomic E-state index is 12.5. The fourth-order valence-electron chi connectivity index (χ4n) is 2.73. The van der Waals surface area contributed by atoms with Crippen LogP contribution in [0.15, 0.2) is 71.6 Å². The Hall–Kier alpha value is -3.12. The molecule has 3 rings (SSSR count). The highest BCUT2D eigenvalue weighted by Gasteiger charge is 2.15. The van der Waals surface area contributed by atoms with Crippen LogP contribution in [0.25, 0.3) is 0 Å². The lowest BCUT2D eigenvalue weighted by Gasteiger charge is -2.11. The van der Waals surface area contributed by atoms with E-state index in [2.05, 4.69) is 10.0 Å². The van der Waals surface area contributed by atoms with E-state index in [4.69, 9.17) is 0 Å². The molecular formula is C22H22N2O3S. The molecule has 1 amide bonds. The van der Waals surface area contributed by atoms with E-state index in [1.54, 1.807) is 24.3 Å². The summed E-state index contributed by atoms with van der Waals surface area (Å²) in [7, 11) is -3.70. The summed E-state index contributed by atoms with van der Waals surface area (Å²) in [6, 6.07) is 18.9. The maximum Gasteiger partial charge on any atom is 0.261 e. The molecule has 3 aromatic carbocycles. The molecule has 0 heterocycles. The molecule has 144 valence electrons. The molecule has 0 saturated carbocycles. The normalized spacial score (nSPS) is 11.1. The summed E-state index contributed by atoms with van der Waals surface area (Å²) in [6.45, 7) is 5.74. The van der Waals surface area contributed by atoms with Gasteiger partial charge in [-0.2, -0.15) is 0 Å². The largest absolute Gasteiger partial charge is 0.322 e. The van der Waals surface area contributed by atoms with Crippen LogP contribution in [0, 0.1) is 20.8 Å². The molecule has 2 N–H and O–H groups in total. The second-order valence-electron chi connectivity index (χ2n) is 6.77. The minimum Gasteiger partial charge on any atom is -0.322 e. The van der Waals surface area contributed by atoms with E-state index in [1.165, 1.54) is 12.1 Å². The number of sulfonamides is 1. The van der Waals surface area contributed by atoms with Gasteiger partial charge in [0.1, 0.15) is 0 Å². The van der Waals surface area contributed by atoms with Crippen LogP contribution < -0.4 is 10.0 Å². The van der Waals surface area contributed by atoms with Crippen LogP contribution in [-0.2, 0) is 10.0 Å². The van der Waals surface area contributed by atoms with E-state index in [0.29, 0.717) is 16.9 Å². The fourth-order valence-corrected chi connectivity index (χ4v) is 3.79. The predicted octanol–water partition coefficient (Wildman–Crippen LogP) is 4.66. The first-order valence-corrected chi connectivity index (χ1v) is 10.3. The van der Waals surface area contributed by atoms with Gasteiger partial charge in [-0.1, -0.05) is 35.4 Å². The SMILES string of the molecule is Cc1ccc(NS(=O)(=O)c2ccc(NC(=O)c3cc(C)ccc3C)cc2)cc1. The van der Waals surface area contributed by atoms with Gasteiger partial charge in [0, 0.05) is 16.9 Å². The van der Waals surface area contributed by atoms with Gasteiger partial charge in [0.15, 0.2) is 0 Å². The molecular weight excluding hydrogens is 372 g/mol. The van der Waals surface area contributed by atoms with Crippen molar-refractivity contribution < 1.29 is 13.2 Å². The second-order valence-corrected chi connectivity index (χ2v) is 8.45. The Balaban J connectivity index is 1.74. The Morgan fingerprint density at radius 2 is 1.32 bits per heavy atom. The van der Waals surface area contributed by atoms with Crippen molar-refractivity contribution in [1.82, 2.24) is 0 Å². The van der Waals surface area contributed by atoms with Crippen molar-refractivity contribution >= 4 is 27.3 Å². The number of nitrogens with one attached hydrogen (secondary N) is 2. The summed E-state index contributed by atoms with van der Waals surface area (Å²) in [4.78, 5) is 12.6. The van der Waals surface area contributed by atoms with Crippen molar-refractivity contribution in [3.05, 3.63) is 89.0 Å². The van der Waals surface area contributed by atoms with Crippen molar-refractivity contribution in [2.24, 2.45) is 0 Å². The van der Waals surface area contributed by atoms with Gasteiger partial charge in [0.05, 0.1) is 4.90 Å². The Labute approximate surface area is 165 Å². The molecule has 0 aliphatic carbocycles. The maximum absolute atomic E-state index is 12.5. The highest BCUT2D eigenvalue weighted by atomic mass is 32.2. The smallest absolute Gasteiger partial charge is 0.261 e. The zero-order valence-corrected chi connectivity index (χ0v) is 16.8. The van der Waals surface area contributed by atoms with Crippen molar-refractivity contribution in [2.45, 2.75) is 25.7 Å². The molecule has 28 heavy (non-hydrogen) atoms. The molecule has 0 unspecified atom stereocenters. The number of benzene rings is 3. The van der Waals surface area contributed by atoms with Gasteiger partial charge in [-0.15, -0.1) is 0 Å². The summed E-state index contributed by atoms with van der Waals surface area (Å²) in [6.07, 6.45) is 0. The molecule has 0 aliphatic rings.